The van der Waals surface area contributed by atoms with Crippen molar-refractivity contribution < 1.29 is 9.47 Å². The fourth-order valence-corrected chi connectivity index (χ4v) is 2.44. The zero-order valence-corrected chi connectivity index (χ0v) is 16.4. The quantitative estimate of drug-likeness (QED) is 0.393. The third-order valence-corrected chi connectivity index (χ3v) is 3.77. The molecule has 0 unspecified atom stereocenters. The van der Waals surface area contributed by atoms with Crippen molar-refractivity contribution in [3.05, 3.63) is 22.2 Å². The van der Waals surface area contributed by atoms with E-state index in [1.807, 2.05) is 32.9 Å². The lowest BCUT2D eigenvalue weighted by atomic mass is 10.2. The van der Waals surface area contributed by atoms with Gasteiger partial charge in [0.25, 0.3) is 0 Å². The minimum atomic E-state index is 0.115. The van der Waals surface area contributed by atoms with Crippen LogP contribution in [0.3, 0.4) is 0 Å². The Morgan fingerprint density at radius 3 is 2.74 bits per heavy atom. The molecule has 0 saturated heterocycles. The second-order valence-electron chi connectivity index (χ2n) is 4.83. The predicted octanol–water partition coefficient (Wildman–Crippen LogP) is 3.84. The molecule has 0 saturated carbocycles. The third kappa shape index (κ3) is 6.74. The number of hydrogen-bond donors (Lipinski definition) is 2. The third-order valence-electron chi connectivity index (χ3n) is 2.94. The molecule has 1 rings (SSSR count). The normalized spacial score (nSPS) is 12.0. The first-order chi connectivity index (χ1) is 11.0. The van der Waals surface area contributed by atoms with Crippen LogP contribution in [0.15, 0.2) is 21.7 Å². The monoisotopic (exact) mass is 401 g/mol. The van der Waals surface area contributed by atoms with E-state index >= 15 is 0 Å². The first-order valence-electron chi connectivity index (χ1n) is 7.71. The van der Waals surface area contributed by atoms with E-state index in [1.54, 1.807) is 6.21 Å². The molecule has 0 aromatic heterocycles. The first-order valence-corrected chi connectivity index (χ1v) is 8.91. The Labute approximate surface area is 151 Å². The molecule has 0 aliphatic carbocycles. The van der Waals surface area contributed by atoms with Crippen LogP contribution in [0.2, 0.25) is 0 Å². The summed E-state index contributed by atoms with van der Waals surface area (Å²) in [6.07, 6.45) is 2.72. The Morgan fingerprint density at radius 2 is 2.13 bits per heavy atom. The maximum atomic E-state index is 5.94. The highest BCUT2D eigenvalue weighted by atomic mass is 79.9. The zero-order valence-electron chi connectivity index (χ0n) is 14.0. The van der Waals surface area contributed by atoms with E-state index < -0.39 is 0 Å². The highest BCUT2D eigenvalue weighted by Crippen LogP contribution is 2.37. The van der Waals surface area contributed by atoms with Crippen LogP contribution in [0.25, 0.3) is 0 Å². The van der Waals surface area contributed by atoms with Crippen molar-refractivity contribution in [3.63, 3.8) is 0 Å². The smallest absolute Gasteiger partial charge is 0.186 e. The van der Waals surface area contributed by atoms with Crippen molar-refractivity contribution in [2.45, 2.75) is 40.2 Å². The molecule has 0 aliphatic heterocycles. The molecule has 0 amide bonds. The summed E-state index contributed by atoms with van der Waals surface area (Å²) in [6.45, 7) is 9.34. The van der Waals surface area contributed by atoms with Crippen LogP contribution in [0.1, 0.15) is 39.7 Å². The van der Waals surface area contributed by atoms with Gasteiger partial charge in [-0.15, -0.1) is 0 Å². The van der Waals surface area contributed by atoms with Gasteiger partial charge in [0.2, 0.25) is 0 Å². The van der Waals surface area contributed by atoms with E-state index in [4.69, 9.17) is 21.7 Å². The molecule has 23 heavy (non-hydrogen) atoms. The first kappa shape index (κ1) is 19.7. The predicted molar refractivity (Wildman–Crippen MR) is 103 cm³/mol. The van der Waals surface area contributed by atoms with Gasteiger partial charge in [-0.3, -0.25) is 5.43 Å². The molecule has 7 heteroatoms. The average Bonchev–Trinajstić information content (AvgIpc) is 2.51. The fraction of sp³-hybridized carbons (Fsp3) is 0.500. The lowest BCUT2D eigenvalue weighted by Crippen LogP contribution is -2.31. The van der Waals surface area contributed by atoms with Gasteiger partial charge in [0, 0.05) is 6.54 Å². The van der Waals surface area contributed by atoms with Gasteiger partial charge in [-0.25, -0.2) is 0 Å². The van der Waals surface area contributed by atoms with Crippen molar-refractivity contribution in [2.24, 2.45) is 5.10 Å². The number of hydrogen-bond acceptors (Lipinski definition) is 4. The number of rotatable bonds is 8. The molecule has 128 valence electrons. The van der Waals surface area contributed by atoms with E-state index in [2.05, 4.69) is 38.7 Å². The molecule has 2 N–H and O–H groups in total. The molecule has 0 aliphatic rings. The molecule has 0 spiro atoms. The minimum absolute atomic E-state index is 0.115. The Kier molecular flexibility index (Phi) is 8.94. The van der Waals surface area contributed by atoms with Crippen molar-refractivity contribution in [3.8, 4) is 11.5 Å². The van der Waals surface area contributed by atoms with E-state index in [0.29, 0.717) is 17.5 Å². The lowest BCUT2D eigenvalue weighted by molar-refractivity contribution is 0.202. The summed E-state index contributed by atoms with van der Waals surface area (Å²) in [5.74, 6) is 1.41. The van der Waals surface area contributed by atoms with Crippen molar-refractivity contribution in [1.29, 1.82) is 0 Å². The Hall–Kier alpha value is -1.34. The topological polar surface area (TPSA) is 54.9 Å². The molecular formula is C16H24BrN3O2S. The Balaban J connectivity index is 2.94. The molecule has 5 nitrogen and oxygen atoms in total. The lowest BCUT2D eigenvalue weighted by Gasteiger charge is -2.18. The highest BCUT2D eigenvalue weighted by molar-refractivity contribution is 9.10. The number of thiocarbonyl (C=S) groups is 1. The van der Waals surface area contributed by atoms with Crippen LogP contribution in [-0.4, -0.2) is 30.6 Å². The van der Waals surface area contributed by atoms with E-state index in [-0.39, 0.29) is 6.10 Å². The molecule has 1 aromatic carbocycles. The zero-order chi connectivity index (χ0) is 17.2. The van der Waals surface area contributed by atoms with Gasteiger partial charge < -0.3 is 14.8 Å². The Bertz CT molecular complexity index is 552. The van der Waals surface area contributed by atoms with E-state index in [9.17, 15) is 0 Å². The maximum Gasteiger partial charge on any atom is 0.186 e. The van der Waals surface area contributed by atoms with Crippen LogP contribution >= 0.6 is 28.1 Å². The molecular weight excluding hydrogens is 378 g/mol. The van der Waals surface area contributed by atoms with Gasteiger partial charge in [0.05, 0.1) is 23.4 Å². The number of halogens is 1. The number of hydrazone groups is 1. The molecule has 0 bridgehead atoms. The number of nitrogens with one attached hydrogen (secondary N) is 2. The van der Waals surface area contributed by atoms with Gasteiger partial charge in [0.15, 0.2) is 16.6 Å². The van der Waals surface area contributed by atoms with Gasteiger partial charge in [-0.1, -0.05) is 6.92 Å². The molecule has 1 aromatic rings. The van der Waals surface area contributed by atoms with Crippen molar-refractivity contribution in [2.75, 3.05) is 13.2 Å². The fourth-order valence-electron chi connectivity index (χ4n) is 1.69. The Morgan fingerprint density at radius 1 is 1.39 bits per heavy atom. The minimum Gasteiger partial charge on any atom is -0.490 e. The van der Waals surface area contributed by atoms with Gasteiger partial charge in [-0.05, 0) is 73.0 Å². The number of nitrogens with zero attached hydrogens (tertiary/aromatic N) is 1. The summed E-state index contributed by atoms with van der Waals surface area (Å²) in [6, 6.07) is 3.83. The molecule has 0 heterocycles. The summed E-state index contributed by atoms with van der Waals surface area (Å²) in [5, 5.41) is 7.57. The molecule has 0 radical (unpaired) electrons. The number of benzene rings is 1. The highest BCUT2D eigenvalue weighted by Gasteiger charge is 2.14. The maximum absolute atomic E-state index is 5.94. The number of ether oxygens (including phenoxy) is 2. The molecule has 1 atom stereocenters. The van der Waals surface area contributed by atoms with Crippen LogP contribution in [-0.2, 0) is 0 Å². The van der Waals surface area contributed by atoms with Gasteiger partial charge in [-0.2, -0.15) is 5.10 Å². The van der Waals surface area contributed by atoms with Gasteiger partial charge >= 0.3 is 0 Å². The van der Waals surface area contributed by atoms with E-state index in [0.717, 1.165) is 28.8 Å². The average molecular weight is 402 g/mol. The van der Waals surface area contributed by atoms with Crippen molar-refractivity contribution >= 4 is 39.5 Å². The summed E-state index contributed by atoms with van der Waals surface area (Å²) < 4.78 is 12.5. The van der Waals surface area contributed by atoms with E-state index in [1.165, 1.54) is 0 Å². The van der Waals surface area contributed by atoms with Crippen LogP contribution in [0.5, 0.6) is 11.5 Å². The van der Waals surface area contributed by atoms with Gasteiger partial charge in [0.1, 0.15) is 0 Å². The van der Waals surface area contributed by atoms with Crippen LogP contribution < -0.4 is 20.2 Å². The molecule has 0 fully saturated rings. The summed E-state index contributed by atoms with van der Waals surface area (Å²) in [4.78, 5) is 0. The summed E-state index contributed by atoms with van der Waals surface area (Å²) >= 11 is 8.60. The van der Waals surface area contributed by atoms with Crippen molar-refractivity contribution in [1.82, 2.24) is 10.7 Å². The van der Waals surface area contributed by atoms with Crippen LogP contribution in [0.4, 0.5) is 0 Å². The second kappa shape index (κ2) is 10.4. The van der Waals surface area contributed by atoms with Crippen LogP contribution in [0, 0.1) is 0 Å². The SMILES string of the molecule is CCNC(=S)N/N=C\c1cc(Br)c(O[C@H](C)CC)c(OCC)c1. The largest absolute Gasteiger partial charge is 0.490 e. The standard InChI is InChI=1S/C16H24BrN3O2S/c1-5-11(4)22-15-13(17)8-12(9-14(15)21-7-3)10-19-20-16(23)18-6-2/h8-11H,5-7H2,1-4H3,(H2,18,20,23)/b19-10-/t11-/m1/s1. The summed E-state index contributed by atoms with van der Waals surface area (Å²) in [5.41, 5.74) is 3.64. The second-order valence-corrected chi connectivity index (χ2v) is 6.09. The summed E-state index contributed by atoms with van der Waals surface area (Å²) in [7, 11) is 0.